The van der Waals surface area contributed by atoms with Crippen LogP contribution in [-0.4, -0.2) is 15.0 Å². The second kappa shape index (κ2) is 11.6. The van der Waals surface area contributed by atoms with Gasteiger partial charge in [0.1, 0.15) is 11.2 Å². The maximum atomic E-state index is 6.27. The Morgan fingerprint density at radius 2 is 0.940 bits per heavy atom. The summed E-state index contributed by atoms with van der Waals surface area (Å²) in [6.45, 7) is 0. The van der Waals surface area contributed by atoms with Gasteiger partial charge in [0.2, 0.25) is 0 Å². The number of hydrogen-bond donors (Lipinski definition) is 0. The SMILES string of the molecule is c1ccc(-c2ccc(-c3nc(-c4ccc5c(c4)oc4ccccc45)nc(-c4cccc5sc6cc(-c7ccccc7)ccc6c45)n3)cc2)cc1. The van der Waals surface area contributed by atoms with E-state index in [0.717, 1.165) is 49.6 Å². The van der Waals surface area contributed by atoms with Crippen LogP contribution in [0.5, 0.6) is 0 Å². The lowest BCUT2D eigenvalue weighted by molar-refractivity contribution is 0.669. The molecule has 0 saturated heterocycles. The van der Waals surface area contributed by atoms with Crippen LogP contribution in [0.15, 0.2) is 168 Å². The highest BCUT2D eigenvalue weighted by molar-refractivity contribution is 7.26. The van der Waals surface area contributed by atoms with Crippen molar-refractivity contribution in [2.75, 3.05) is 0 Å². The van der Waals surface area contributed by atoms with Gasteiger partial charge in [-0.1, -0.05) is 133 Å². The summed E-state index contributed by atoms with van der Waals surface area (Å²) in [5.74, 6) is 1.86. The Balaban J connectivity index is 1.16. The van der Waals surface area contributed by atoms with E-state index in [-0.39, 0.29) is 0 Å². The minimum atomic E-state index is 0.599. The Bertz CT molecular complexity index is 2860. The van der Waals surface area contributed by atoms with Crippen LogP contribution in [0.25, 0.3) is 98.5 Å². The average molecular weight is 658 g/mol. The van der Waals surface area contributed by atoms with Crippen LogP contribution in [0, 0.1) is 0 Å². The molecule has 0 radical (unpaired) electrons. The molecular formula is C45H27N3OS. The topological polar surface area (TPSA) is 51.8 Å². The number of aromatic nitrogens is 3. The van der Waals surface area contributed by atoms with Crippen LogP contribution in [0.2, 0.25) is 0 Å². The standard InChI is InChI=1S/C45H27N3OS/c1-3-10-28(11-4-1)30-18-20-31(21-19-30)43-46-44(33-23-24-35-34-14-7-8-16-38(34)49-39(35)26-33)48-45(47-43)37-15-9-17-40-42(37)36-25-22-32(27-41(36)50-40)29-12-5-2-6-13-29/h1-27H. The summed E-state index contributed by atoms with van der Waals surface area (Å²) < 4.78 is 8.69. The van der Waals surface area contributed by atoms with Crippen molar-refractivity contribution in [1.29, 1.82) is 0 Å². The first-order valence-corrected chi connectivity index (χ1v) is 17.4. The van der Waals surface area contributed by atoms with Gasteiger partial charge in [0.05, 0.1) is 0 Å². The lowest BCUT2D eigenvalue weighted by Gasteiger charge is -2.10. The van der Waals surface area contributed by atoms with E-state index in [0.29, 0.717) is 17.5 Å². The minimum Gasteiger partial charge on any atom is -0.456 e. The third-order valence-corrected chi connectivity index (χ3v) is 10.5. The van der Waals surface area contributed by atoms with Crippen molar-refractivity contribution in [3.63, 3.8) is 0 Å². The molecule has 0 aliphatic carbocycles. The van der Waals surface area contributed by atoms with Crippen molar-refractivity contribution in [2.24, 2.45) is 0 Å². The van der Waals surface area contributed by atoms with Gasteiger partial charge in [-0.2, -0.15) is 0 Å². The lowest BCUT2D eigenvalue weighted by Crippen LogP contribution is -2.00. The number of fused-ring (bicyclic) bond motifs is 6. The molecule has 10 rings (SSSR count). The Hall–Kier alpha value is -6.43. The molecule has 5 heteroatoms. The van der Waals surface area contributed by atoms with Gasteiger partial charge in [0.25, 0.3) is 0 Å². The molecular weight excluding hydrogens is 631 g/mol. The highest BCUT2D eigenvalue weighted by Gasteiger charge is 2.18. The maximum Gasteiger partial charge on any atom is 0.164 e. The van der Waals surface area contributed by atoms with E-state index < -0.39 is 0 Å². The third-order valence-electron chi connectivity index (χ3n) is 9.37. The van der Waals surface area contributed by atoms with Gasteiger partial charge >= 0.3 is 0 Å². The van der Waals surface area contributed by atoms with E-state index in [4.69, 9.17) is 19.4 Å². The van der Waals surface area contributed by atoms with Crippen LogP contribution in [0.3, 0.4) is 0 Å². The van der Waals surface area contributed by atoms with Gasteiger partial charge in [-0.3, -0.25) is 0 Å². The second-order valence-corrected chi connectivity index (χ2v) is 13.5. The van der Waals surface area contributed by atoms with E-state index in [2.05, 4.69) is 133 Å². The van der Waals surface area contributed by atoms with Gasteiger partial charge in [-0.25, -0.2) is 15.0 Å². The van der Waals surface area contributed by atoms with Gasteiger partial charge in [0, 0.05) is 47.6 Å². The minimum absolute atomic E-state index is 0.599. The molecule has 0 amide bonds. The number of hydrogen-bond acceptors (Lipinski definition) is 5. The molecule has 3 aromatic heterocycles. The molecule has 4 nitrogen and oxygen atoms in total. The molecule has 3 heterocycles. The van der Waals surface area contributed by atoms with Crippen molar-refractivity contribution < 1.29 is 4.42 Å². The Labute approximate surface area is 292 Å². The molecule has 0 spiro atoms. The quantitative estimate of drug-likeness (QED) is 0.185. The number of rotatable bonds is 5. The van der Waals surface area contributed by atoms with E-state index in [9.17, 15) is 0 Å². The monoisotopic (exact) mass is 657 g/mol. The zero-order valence-corrected chi connectivity index (χ0v) is 27.6. The summed E-state index contributed by atoms with van der Waals surface area (Å²) in [5.41, 5.74) is 9.17. The van der Waals surface area contributed by atoms with Crippen LogP contribution in [0.1, 0.15) is 0 Å². The summed E-state index contributed by atoms with van der Waals surface area (Å²) >= 11 is 1.80. The van der Waals surface area contributed by atoms with Gasteiger partial charge in [-0.05, 0) is 52.6 Å². The normalized spacial score (nSPS) is 11.6. The summed E-state index contributed by atoms with van der Waals surface area (Å²) in [5, 5.41) is 4.51. The van der Waals surface area contributed by atoms with Crippen LogP contribution >= 0.6 is 11.3 Å². The molecule has 234 valence electrons. The predicted octanol–water partition coefficient (Wildman–Crippen LogP) is 12.5. The molecule has 0 aliphatic rings. The molecule has 0 fully saturated rings. The van der Waals surface area contributed by atoms with E-state index in [1.807, 2.05) is 30.3 Å². The molecule has 10 aromatic rings. The Morgan fingerprint density at radius 1 is 0.360 bits per heavy atom. The highest BCUT2D eigenvalue weighted by Crippen LogP contribution is 2.41. The number of para-hydroxylation sites is 1. The zero-order valence-electron chi connectivity index (χ0n) is 26.7. The van der Waals surface area contributed by atoms with Crippen molar-refractivity contribution in [3.8, 4) is 56.4 Å². The molecule has 0 saturated carbocycles. The molecule has 0 aliphatic heterocycles. The summed E-state index contributed by atoms with van der Waals surface area (Å²) in [4.78, 5) is 15.4. The zero-order chi connectivity index (χ0) is 33.0. The Morgan fingerprint density at radius 3 is 1.74 bits per heavy atom. The van der Waals surface area contributed by atoms with Crippen molar-refractivity contribution in [1.82, 2.24) is 15.0 Å². The number of furan rings is 1. The smallest absolute Gasteiger partial charge is 0.164 e. The van der Waals surface area contributed by atoms with E-state index in [1.54, 1.807) is 11.3 Å². The highest BCUT2D eigenvalue weighted by atomic mass is 32.1. The van der Waals surface area contributed by atoms with Crippen molar-refractivity contribution in [3.05, 3.63) is 164 Å². The van der Waals surface area contributed by atoms with Gasteiger partial charge in [-0.15, -0.1) is 11.3 Å². The Kier molecular flexibility index (Phi) is 6.64. The molecule has 0 atom stereocenters. The van der Waals surface area contributed by atoms with Crippen molar-refractivity contribution >= 4 is 53.4 Å². The number of nitrogens with zero attached hydrogens (tertiary/aromatic N) is 3. The number of benzene rings is 7. The second-order valence-electron chi connectivity index (χ2n) is 12.4. The number of thiophene rings is 1. The fraction of sp³-hybridized carbons (Fsp3) is 0. The lowest BCUT2D eigenvalue weighted by atomic mass is 10.0. The predicted molar refractivity (Wildman–Crippen MR) is 207 cm³/mol. The van der Waals surface area contributed by atoms with E-state index >= 15 is 0 Å². The molecule has 0 N–H and O–H groups in total. The fourth-order valence-corrected chi connectivity index (χ4v) is 8.06. The molecule has 50 heavy (non-hydrogen) atoms. The first-order chi connectivity index (χ1) is 24.7. The molecule has 0 bridgehead atoms. The average Bonchev–Trinajstić information content (AvgIpc) is 3.76. The van der Waals surface area contributed by atoms with Crippen LogP contribution in [-0.2, 0) is 0 Å². The summed E-state index contributed by atoms with van der Waals surface area (Å²) in [6, 6.07) is 56.9. The molecule has 7 aromatic carbocycles. The van der Waals surface area contributed by atoms with Crippen LogP contribution in [0.4, 0.5) is 0 Å². The maximum absolute atomic E-state index is 6.27. The third kappa shape index (κ3) is 4.87. The summed E-state index contributed by atoms with van der Waals surface area (Å²) in [6.07, 6.45) is 0. The van der Waals surface area contributed by atoms with Gasteiger partial charge in [0.15, 0.2) is 17.5 Å². The van der Waals surface area contributed by atoms with Gasteiger partial charge < -0.3 is 4.42 Å². The van der Waals surface area contributed by atoms with E-state index in [1.165, 1.54) is 31.5 Å². The van der Waals surface area contributed by atoms with Crippen LogP contribution < -0.4 is 0 Å². The first kappa shape index (κ1) is 28.6. The fourth-order valence-electron chi connectivity index (χ4n) is 6.88. The molecule has 0 unspecified atom stereocenters. The van der Waals surface area contributed by atoms with Crippen molar-refractivity contribution in [2.45, 2.75) is 0 Å². The first-order valence-electron chi connectivity index (χ1n) is 16.6. The largest absolute Gasteiger partial charge is 0.456 e. The summed E-state index contributed by atoms with van der Waals surface area (Å²) in [7, 11) is 0.